The summed E-state index contributed by atoms with van der Waals surface area (Å²) in [7, 11) is 10.2. The zero-order valence-electron chi connectivity index (χ0n) is 78.0. The maximum atomic E-state index is 14.6. The van der Waals surface area contributed by atoms with Crippen molar-refractivity contribution >= 4 is 76.6 Å². The molecule has 11 aliphatic rings. The Hall–Kier alpha value is -10.7. The predicted molar refractivity (Wildman–Crippen MR) is 504 cm³/mol. The van der Waals surface area contributed by atoms with E-state index < -0.39 is 108 Å². The molecule has 0 saturated carbocycles. The lowest BCUT2D eigenvalue weighted by molar-refractivity contribution is -0.159. The lowest BCUT2D eigenvalue weighted by atomic mass is 9.65. The first-order chi connectivity index (χ1) is 64.3. The number of ketones is 1. The third-order valence-corrected chi connectivity index (χ3v) is 29.5. The number of hydrogen-bond acceptors (Lipinski definition) is 29. The molecule has 13 atom stereocenters. The number of esters is 2. The fourth-order valence-corrected chi connectivity index (χ4v) is 24.4. The fourth-order valence-electron chi connectivity index (χ4n) is 22.0. The number of aliphatic hydroxyl groups is 1. The molecule has 2 amide bonds. The molecule has 33 heteroatoms. The summed E-state index contributed by atoms with van der Waals surface area (Å²) in [5.74, 6) is 3.25. The van der Waals surface area contributed by atoms with Crippen molar-refractivity contribution in [2.75, 3.05) is 111 Å². The van der Waals surface area contributed by atoms with Crippen molar-refractivity contribution in [3.05, 3.63) is 204 Å². The number of piperidine rings is 1. The first-order valence-electron chi connectivity index (χ1n) is 44.8. The topological polar surface area (TPSA) is 340 Å². The summed E-state index contributed by atoms with van der Waals surface area (Å²) < 4.78 is 83.2. The van der Waals surface area contributed by atoms with E-state index in [0.29, 0.717) is 82.0 Å². The Labute approximate surface area is 799 Å². The number of alkyl halides is 2. The van der Waals surface area contributed by atoms with Crippen molar-refractivity contribution in [1.82, 2.24) is 30.2 Å². The first kappa shape index (κ1) is 96.5. The second-order valence-corrected chi connectivity index (χ2v) is 40.2. The molecule has 4 bridgehead atoms. The van der Waals surface area contributed by atoms with Crippen LogP contribution in [0, 0.1) is 43.4 Å². The van der Waals surface area contributed by atoms with E-state index in [2.05, 4.69) is 92.1 Å². The van der Waals surface area contributed by atoms with Crippen molar-refractivity contribution < 1.29 is 101 Å². The number of rotatable bonds is 24. The van der Waals surface area contributed by atoms with E-state index in [1.54, 1.807) is 88.5 Å². The van der Waals surface area contributed by atoms with Crippen LogP contribution in [0.3, 0.4) is 0 Å². The number of fused-ring (bicyclic) bond motifs is 23. The monoisotopic (exact) mass is 1910 g/mol. The van der Waals surface area contributed by atoms with E-state index in [9.17, 15) is 44.7 Å². The first-order valence-corrected chi connectivity index (χ1v) is 48.2. The number of nitriles is 2. The van der Waals surface area contributed by atoms with Gasteiger partial charge in [0.25, 0.3) is 0 Å². The lowest BCUT2D eigenvalue weighted by Crippen LogP contribution is -2.74. The highest BCUT2D eigenvalue weighted by Gasteiger charge is 2.66. The van der Waals surface area contributed by atoms with Gasteiger partial charge in [0.2, 0.25) is 13.6 Å². The van der Waals surface area contributed by atoms with Gasteiger partial charge in [-0.05, 0) is 169 Å². The summed E-state index contributed by atoms with van der Waals surface area (Å²) in [6, 6.07) is 34.5. The standard InChI is InChI=1S/C50H56N4O11S.C50H56N4O10S.CH2Cl2/c1-26-17-28-18-35-37(20-51)54-36(41(53(35)6)39(28)44(42(26)60-8)62-24-59-7)19-50(58)40(45-43(63-25-64-45)27(2)46(50)55)38(54)21-61-47(56)34(52-48(57)65-49(3,4)5)23-66-22-33-31-15-11-9-13-29(31)30-14-10-12-16-32(30)33;1-26-17-28-18-36-38(20-51)54-37(42(53(36)6)40(28)46(44(26)59-8)61-24-58-7)19-33-41(47-45(62-25-63-47)27(2)43(33)55)39(54)21-60-48(56)35(52-49(57)64-50(3,4)5)23-65-22-34-31-15-11-9-13-29(31)30-14-10-12-16-32(30)34;2-1-3/h9-17,33-38,41,58H,18-19,21-25H2,1-8H3,(H,52,57);9-17,34-39,42,55H,18-19,21-25H2,1-8H3,(H,52,57);1H2/t34-,35+,36?,37+,38+,41+,50?;35-,36+,37?,38+,39+,42+;/m11./s1. The quantitative estimate of drug-likeness (QED) is 0.0189. The molecule has 4 fully saturated rings. The smallest absolute Gasteiger partial charge is 0.408 e. The molecule has 29 nitrogen and oxygen atoms in total. The SMILES string of the molecule is COCOc1c(OC)c(C)cc2c1[C@@H]1C3CC4(O)C(=O)C(C)=C5OCOC5=C4[C@H](COC(=O)[C@@H](CSCC4c5ccccc5-c5ccccc54)NC(=O)OC(C)(C)C)N3[C@@H](C#N)[C@H](C2)N1C.COCOc1c(OC)c(C)cc2c1[C@@H]1C3Cc4c(O)c(C)c5c(c4[C@H](COC(=O)[C@@H](CSCC4c6ccccc6-c6ccccc64)NC(=O)OC(C)(C)C)N3[C@@H](C#N)[C@H](C2)N1C)OCO5.ClCCl. The van der Waals surface area contributed by atoms with Crippen LogP contribution in [0.5, 0.6) is 40.2 Å². The molecule has 18 rings (SSSR count). The number of amides is 2. The molecule has 7 aromatic rings. The van der Waals surface area contributed by atoms with Crippen molar-refractivity contribution in [3.8, 4) is 74.6 Å². The maximum Gasteiger partial charge on any atom is 0.408 e. The summed E-state index contributed by atoms with van der Waals surface area (Å²) in [6.07, 6.45) is -0.340. The van der Waals surface area contributed by atoms with E-state index in [1.807, 2.05) is 87.4 Å². The zero-order valence-corrected chi connectivity index (χ0v) is 81.1. The van der Waals surface area contributed by atoms with E-state index in [-0.39, 0.29) is 115 Å². The number of hydrogen-bond donors (Lipinski definition) is 4. The molecule has 8 heterocycles. The van der Waals surface area contributed by atoms with Crippen LogP contribution in [0.1, 0.15) is 157 Å². The van der Waals surface area contributed by atoms with Gasteiger partial charge in [-0.2, -0.15) is 34.0 Å². The number of Topliss-reactive ketones (excluding diaryl/α,β-unsaturated/α-hetero) is 1. The minimum atomic E-state index is -2.14. The van der Waals surface area contributed by atoms with Gasteiger partial charge in [0.1, 0.15) is 54.3 Å². The molecule has 710 valence electrons. The average molecular weight is 1910 g/mol. The molecule has 7 aromatic carbocycles. The third kappa shape index (κ3) is 17.8. The van der Waals surface area contributed by atoms with Crippen LogP contribution in [0.15, 0.2) is 132 Å². The minimum absolute atomic E-state index is 0.00971. The van der Waals surface area contributed by atoms with Gasteiger partial charge in [-0.25, -0.2) is 19.2 Å². The van der Waals surface area contributed by atoms with Crippen LogP contribution in [0.4, 0.5) is 9.59 Å². The molecule has 4 saturated heterocycles. The highest BCUT2D eigenvalue weighted by Crippen LogP contribution is 2.62. The number of piperazine rings is 2. The Morgan fingerprint density at radius 1 is 0.567 bits per heavy atom. The number of nitrogens with one attached hydrogen (secondary N) is 2. The maximum absolute atomic E-state index is 14.6. The fraction of sp³-hybridized carbons (Fsp3) is 0.475. The molecule has 3 aliphatic carbocycles. The van der Waals surface area contributed by atoms with Gasteiger partial charge in [-0.15, -0.1) is 23.2 Å². The summed E-state index contributed by atoms with van der Waals surface area (Å²) in [6.45, 7) is 16.9. The second kappa shape index (κ2) is 39.6. The highest BCUT2D eigenvalue weighted by atomic mass is 35.5. The number of alkyl carbamates (subject to hydrolysis) is 2. The van der Waals surface area contributed by atoms with Crippen molar-refractivity contribution in [1.29, 1.82) is 10.5 Å². The van der Waals surface area contributed by atoms with Gasteiger partial charge in [-0.3, -0.25) is 24.4 Å². The molecule has 3 unspecified atom stereocenters. The second-order valence-electron chi connectivity index (χ2n) is 37.3. The number of nitrogens with zero attached hydrogens (tertiary/aromatic N) is 6. The zero-order chi connectivity index (χ0) is 95.4. The number of benzene rings is 7. The summed E-state index contributed by atoms with van der Waals surface area (Å²) in [4.78, 5) is 79.0. The third-order valence-electron chi connectivity index (χ3n) is 27.3. The highest BCUT2D eigenvalue weighted by molar-refractivity contribution is 7.99. The molecular formula is C101H114Cl2N8O21S2. The number of carbonyl (C=O) groups is 5. The van der Waals surface area contributed by atoms with Gasteiger partial charge in [-0.1, -0.05) is 109 Å². The van der Waals surface area contributed by atoms with Gasteiger partial charge >= 0.3 is 24.1 Å². The van der Waals surface area contributed by atoms with E-state index in [0.717, 1.165) is 33.4 Å². The molecule has 0 spiro atoms. The minimum Gasteiger partial charge on any atom is -0.507 e. The Morgan fingerprint density at radius 3 is 1.41 bits per heavy atom. The van der Waals surface area contributed by atoms with Crippen LogP contribution >= 0.6 is 46.7 Å². The number of aryl methyl sites for hydroxylation is 2. The Kier molecular flexibility index (Phi) is 28.5. The number of carbonyl (C=O) groups excluding carboxylic acids is 5. The largest absolute Gasteiger partial charge is 0.507 e. The van der Waals surface area contributed by atoms with Crippen LogP contribution in [-0.4, -0.2) is 242 Å². The number of aromatic hydroxyl groups is 1. The Bertz CT molecular complexity index is 5800. The molecule has 134 heavy (non-hydrogen) atoms. The molecule has 8 aliphatic heterocycles. The van der Waals surface area contributed by atoms with Crippen molar-refractivity contribution in [2.24, 2.45) is 0 Å². The number of methoxy groups -OCH3 is 4. The van der Waals surface area contributed by atoms with Crippen LogP contribution in [0.2, 0.25) is 0 Å². The molecular weight excluding hydrogens is 1800 g/mol. The van der Waals surface area contributed by atoms with Crippen LogP contribution in [0.25, 0.3) is 22.3 Å². The summed E-state index contributed by atoms with van der Waals surface area (Å²) in [5, 5.41) is 53.2. The van der Waals surface area contributed by atoms with E-state index in [4.69, 9.17) is 89.5 Å². The van der Waals surface area contributed by atoms with Gasteiger partial charge in [0, 0.05) is 119 Å². The molecule has 0 aromatic heterocycles. The van der Waals surface area contributed by atoms with Gasteiger partial charge in [0.05, 0.1) is 55.9 Å². The predicted octanol–water partition coefficient (Wildman–Crippen LogP) is 15.0. The van der Waals surface area contributed by atoms with Crippen LogP contribution in [-0.2, 0) is 71.5 Å². The number of thioether (sulfide) groups is 2. The number of phenols is 1. The van der Waals surface area contributed by atoms with Crippen molar-refractivity contribution in [3.63, 3.8) is 0 Å². The number of ether oxygens (including phenoxy) is 14. The number of likely N-dealkylation sites (N-methyl/N-ethyl adjacent to an activating group) is 2. The lowest BCUT2D eigenvalue weighted by Gasteiger charge is -2.62. The van der Waals surface area contributed by atoms with Crippen LogP contribution < -0.4 is 39.1 Å². The Balaban J connectivity index is 0.000000189. The van der Waals surface area contributed by atoms with Gasteiger partial charge in [0.15, 0.2) is 71.0 Å². The van der Waals surface area contributed by atoms with E-state index in [1.165, 1.54) is 63.4 Å². The Morgan fingerprint density at radius 2 is 0.978 bits per heavy atom. The van der Waals surface area contributed by atoms with Gasteiger partial charge < -0.3 is 87.2 Å². The summed E-state index contributed by atoms with van der Waals surface area (Å²) >= 11 is 12.6. The number of halogens is 2. The molecule has 4 N–H and O–H groups in total. The summed E-state index contributed by atoms with van der Waals surface area (Å²) in [5.41, 5.74) is 13.4. The molecule has 0 radical (unpaired) electrons. The van der Waals surface area contributed by atoms with Crippen molar-refractivity contribution in [2.45, 2.75) is 196 Å². The van der Waals surface area contributed by atoms with E-state index >= 15 is 0 Å². The number of phenolic OH excluding ortho intramolecular Hbond substituents is 1. The normalized spacial score (nSPS) is 23.5. The average Bonchev–Trinajstić information content (AvgIpc) is 1.18.